The third kappa shape index (κ3) is 4.76. The van der Waals surface area contributed by atoms with Gasteiger partial charge < -0.3 is 19.5 Å². The van der Waals surface area contributed by atoms with E-state index in [0.717, 1.165) is 6.07 Å². The van der Waals surface area contributed by atoms with Crippen molar-refractivity contribution in [2.24, 2.45) is 0 Å². The summed E-state index contributed by atoms with van der Waals surface area (Å²) in [6, 6.07) is 9.36. The Morgan fingerprint density at radius 3 is 2.54 bits per heavy atom. The predicted molar refractivity (Wildman–Crippen MR) is 89.7 cm³/mol. The maximum absolute atomic E-state index is 13.9. The first-order valence-electron chi connectivity index (χ1n) is 7.13. The molecule has 24 heavy (non-hydrogen) atoms. The van der Waals surface area contributed by atoms with Gasteiger partial charge in [-0.25, -0.2) is 4.39 Å². The molecule has 5 nitrogen and oxygen atoms in total. The second-order valence-corrected chi connectivity index (χ2v) is 5.23. The lowest BCUT2D eigenvalue weighted by molar-refractivity contribution is -0.116. The number of halogens is 2. The monoisotopic (exact) mass is 353 g/mol. The lowest BCUT2D eigenvalue weighted by atomic mass is 10.2. The normalized spacial score (nSPS) is 10.2. The van der Waals surface area contributed by atoms with Gasteiger partial charge in [0.25, 0.3) is 0 Å². The van der Waals surface area contributed by atoms with Crippen LogP contribution in [0.4, 0.5) is 10.1 Å². The van der Waals surface area contributed by atoms with Gasteiger partial charge in [-0.2, -0.15) is 0 Å². The summed E-state index contributed by atoms with van der Waals surface area (Å²) in [7, 11) is 2.84. The van der Waals surface area contributed by atoms with Gasteiger partial charge in [0.05, 0.1) is 32.9 Å². The highest BCUT2D eigenvalue weighted by molar-refractivity contribution is 6.30. The zero-order valence-electron chi connectivity index (χ0n) is 13.3. The molecule has 2 rings (SSSR count). The van der Waals surface area contributed by atoms with Crippen LogP contribution in [0.1, 0.15) is 6.42 Å². The summed E-state index contributed by atoms with van der Waals surface area (Å²) in [5.41, 5.74) is 0.0143. The molecule has 0 aliphatic heterocycles. The maximum atomic E-state index is 13.9. The van der Waals surface area contributed by atoms with E-state index in [1.54, 1.807) is 24.3 Å². The number of carbonyl (C=O) groups excluding carboxylic acids is 1. The third-order valence-electron chi connectivity index (χ3n) is 3.14. The van der Waals surface area contributed by atoms with Gasteiger partial charge in [-0.1, -0.05) is 17.7 Å². The first-order valence-corrected chi connectivity index (χ1v) is 7.51. The molecule has 0 unspecified atom stereocenters. The van der Waals surface area contributed by atoms with E-state index in [1.807, 2.05) is 0 Å². The van der Waals surface area contributed by atoms with E-state index in [2.05, 4.69) is 5.32 Å². The Balaban J connectivity index is 1.92. The lowest BCUT2D eigenvalue weighted by Crippen LogP contribution is -2.16. The molecule has 0 spiro atoms. The quantitative estimate of drug-likeness (QED) is 0.820. The van der Waals surface area contributed by atoms with Gasteiger partial charge in [0.1, 0.15) is 5.75 Å². The van der Waals surface area contributed by atoms with Crippen molar-refractivity contribution < 1.29 is 23.4 Å². The number of ether oxygens (including phenoxy) is 3. The Labute approximate surface area is 144 Å². The zero-order valence-corrected chi connectivity index (χ0v) is 14.0. The minimum atomic E-state index is -0.614. The Hall–Kier alpha value is -2.47. The Morgan fingerprint density at radius 1 is 1.17 bits per heavy atom. The van der Waals surface area contributed by atoms with Gasteiger partial charge in [0, 0.05) is 17.2 Å². The molecule has 0 heterocycles. The minimum Gasteiger partial charge on any atom is -0.493 e. The van der Waals surface area contributed by atoms with E-state index < -0.39 is 5.82 Å². The number of carbonyl (C=O) groups is 1. The number of amides is 1. The van der Waals surface area contributed by atoms with Gasteiger partial charge >= 0.3 is 0 Å². The molecule has 0 fully saturated rings. The molecule has 0 aromatic heterocycles. The fourth-order valence-electron chi connectivity index (χ4n) is 1.98. The van der Waals surface area contributed by atoms with Gasteiger partial charge in [0.2, 0.25) is 5.91 Å². The van der Waals surface area contributed by atoms with Crippen LogP contribution in [0.15, 0.2) is 36.4 Å². The number of benzene rings is 2. The van der Waals surface area contributed by atoms with Crippen molar-refractivity contribution in [3.05, 3.63) is 47.2 Å². The van der Waals surface area contributed by atoms with Crippen LogP contribution in [0.5, 0.6) is 17.2 Å². The molecule has 0 aliphatic carbocycles. The summed E-state index contributed by atoms with van der Waals surface area (Å²) < 4.78 is 29.4. The minimum absolute atomic E-state index is 0.0143. The predicted octanol–water partition coefficient (Wildman–Crippen LogP) is 3.90. The van der Waals surface area contributed by atoms with Crippen molar-refractivity contribution in [3.63, 3.8) is 0 Å². The topological polar surface area (TPSA) is 56.8 Å². The largest absolute Gasteiger partial charge is 0.493 e. The number of methoxy groups -OCH3 is 2. The van der Waals surface area contributed by atoms with E-state index in [-0.39, 0.29) is 30.4 Å². The van der Waals surface area contributed by atoms with Gasteiger partial charge in [0.15, 0.2) is 17.3 Å². The molecule has 0 bridgehead atoms. The third-order valence-corrected chi connectivity index (χ3v) is 3.38. The highest BCUT2D eigenvalue weighted by Gasteiger charge is 2.13. The van der Waals surface area contributed by atoms with Gasteiger partial charge in [-0.05, 0) is 18.2 Å². The smallest absolute Gasteiger partial charge is 0.227 e. The van der Waals surface area contributed by atoms with Crippen molar-refractivity contribution in [3.8, 4) is 17.2 Å². The number of hydrogen-bond donors (Lipinski definition) is 1. The summed E-state index contributed by atoms with van der Waals surface area (Å²) >= 11 is 5.84. The van der Waals surface area contributed by atoms with Crippen LogP contribution in [0.25, 0.3) is 0 Å². The van der Waals surface area contributed by atoms with Crippen molar-refractivity contribution in [2.75, 3.05) is 26.1 Å². The van der Waals surface area contributed by atoms with Crippen molar-refractivity contribution >= 4 is 23.2 Å². The average molecular weight is 354 g/mol. The highest BCUT2D eigenvalue weighted by atomic mass is 35.5. The number of hydrogen-bond acceptors (Lipinski definition) is 4. The molecule has 1 N–H and O–H groups in total. The highest BCUT2D eigenvalue weighted by Crippen LogP contribution is 2.32. The SMILES string of the molecule is COc1cc(F)c(NC(=O)CCOc2cccc(Cl)c2)cc1OC. The molecule has 1 amide bonds. The van der Waals surface area contributed by atoms with Crippen LogP contribution in [-0.2, 0) is 4.79 Å². The number of rotatable bonds is 7. The summed E-state index contributed by atoms with van der Waals surface area (Å²) in [5.74, 6) is 0.133. The lowest BCUT2D eigenvalue weighted by Gasteiger charge is -2.12. The summed E-state index contributed by atoms with van der Waals surface area (Å²) in [6.45, 7) is 0.140. The number of anilines is 1. The molecular formula is C17H17ClFNO4. The first kappa shape index (κ1) is 17.9. The standard InChI is InChI=1S/C17H17ClFNO4/c1-22-15-9-13(19)14(10-16(15)23-2)20-17(21)6-7-24-12-5-3-4-11(18)8-12/h3-5,8-10H,6-7H2,1-2H3,(H,20,21). The first-order chi connectivity index (χ1) is 11.5. The van der Waals surface area contributed by atoms with Gasteiger partial charge in [-0.3, -0.25) is 4.79 Å². The molecule has 0 saturated carbocycles. The van der Waals surface area contributed by atoms with Crippen LogP contribution >= 0.6 is 11.6 Å². The van der Waals surface area contributed by atoms with Crippen molar-refractivity contribution in [2.45, 2.75) is 6.42 Å². The Morgan fingerprint density at radius 2 is 1.88 bits per heavy atom. The summed E-state index contributed by atoms with van der Waals surface area (Å²) in [6.07, 6.45) is 0.0559. The fraction of sp³-hybridized carbons (Fsp3) is 0.235. The molecule has 0 radical (unpaired) electrons. The van der Waals surface area contributed by atoms with E-state index in [1.165, 1.54) is 20.3 Å². The van der Waals surface area contributed by atoms with Crippen molar-refractivity contribution in [1.82, 2.24) is 0 Å². The van der Waals surface area contributed by atoms with Crippen LogP contribution in [0, 0.1) is 5.82 Å². The van der Waals surface area contributed by atoms with Gasteiger partial charge in [-0.15, -0.1) is 0 Å². The molecule has 128 valence electrons. The fourth-order valence-corrected chi connectivity index (χ4v) is 2.16. The molecule has 2 aromatic rings. The summed E-state index contributed by atoms with van der Waals surface area (Å²) in [4.78, 5) is 11.9. The van der Waals surface area contributed by atoms with E-state index in [9.17, 15) is 9.18 Å². The van der Waals surface area contributed by atoms with E-state index >= 15 is 0 Å². The zero-order chi connectivity index (χ0) is 17.5. The summed E-state index contributed by atoms with van der Waals surface area (Å²) in [5, 5.41) is 3.02. The van der Waals surface area contributed by atoms with Crippen molar-refractivity contribution in [1.29, 1.82) is 0 Å². The van der Waals surface area contributed by atoms with Crippen LogP contribution in [0.3, 0.4) is 0 Å². The second kappa shape index (κ2) is 8.40. The second-order valence-electron chi connectivity index (χ2n) is 4.79. The maximum Gasteiger partial charge on any atom is 0.227 e. The average Bonchev–Trinajstić information content (AvgIpc) is 2.56. The molecule has 2 aromatic carbocycles. The molecule has 0 saturated heterocycles. The van der Waals surface area contributed by atoms with Crippen LogP contribution < -0.4 is 19.5 Å². The molecular weight excluding hydrogens is 337 g/mol. The molecule has 7 heteroatoms. The molecule has 0 atom stereocenters. The Kier molecular flexibility index (Phi) is 6.26. The number of nitrogens with one attached hydrogen (secondary N) is 1. The van der Waals surface area contributed by atoms with Crippen LogP contribution in [0.2, 0.25) is 5.02 Å². The Bertz CT molecular complexity index is 724. The van der Waals surface area contributed by atoms with E-state index in [0.29, 0.717) is 16.5 Å². The van der Waals surface area contributed by atoms with Crippen LogP contribution in [-0.4, -0.2) is 26.7 Å². The molecule has 0 aliphatic rings. The van der Waals surface area contributed by atoms with E-state index in [4.69, 9.17) is 25.8 Å².